The number of hydrogen-bond acceptors (Lipinski definition) is 5. The van der Waals surface area contributed by atoms with E-state index in [9.17, 15) is 5.02 Å². The number of benzene rings is 3. The van der Waals surface area contributed by atoms with Crippen molar-refractivity contribution < 1.29 is 9.68 Å². The Kier molecular flexibility index (Phi) is 5.17. The van der Waals surface area contributed by atoms with E-state index in [0.29, 0.717) is 11.6 Å². The maximum atomic E-state index is 10.1. The molecule has 158 valence electrons. The van der Waals surface area contributed by atoms with E-state index in [-0.39, 0.29) is 18.2 Å². The molecule has 0 atom stereocenters. The topological polar surface area (TPSA) is 92.8 Å². The molecule has 2 aliphatic heterocycles. The largest absolute Gasteiger partial charge is 0.491 e. The molecule has 0 amide bonds. The van der Waals surface area contributed by atoms with Crippen LogP contribution in [0.3, 0.4) is 0 Å². The molecule has 32 heavy (non-hydrogen) atoms. The second kappa shape index (κ2) is 8.02. The van der Waals surface area contributed by atoms with Gasteiger partial charge in [-0.05, 0) is 53.3 Å². The third kappa shape index (κ3) is 3.44. The highest BCUT2D eigenvalue weighted by molar-refractivity contribution is 6.61. The number of benzodiazepines with no additional fused rings is 1. The maximum absolute atomic E-state index is 10.1. The SMILES string of the molecule is CC(=N)N1C(=N)CN=C(c2ccc(Cl)cc2)c2cc(-c3cccc4c3COB4O)ccc21. The zero-order chi connectivity index (χ0) is 22.4. The minimum Gasteiger partial charge on any atom is -0.423 e. The Balaban J connectivity index is 1.72. The fourth-order valence-corrected chi connectivity index (χ4v) is 4.43. The lowest BCUT2D eigenvalue weighted by molar-refractivity contribution is 0.275. The van der Waals surface area contributed by atoms with Gasteiger partial charge in [-0.25, -0.2) is 0 Å². The first kappa shape index (κ1) is 20.6. The molecule has 0 aliphatic carbocycles. The van der Waals surface area contributed by atoms with Crippen LogP contribution in [0.2, 0.25) is 5.02 Å². The normalized spacial score (nSPS) is 15.2. The molecule has 2 heterocycles. The Morgan fingerprint density at radius 3 is 2.59 bits per heavy atom. The van der Waals surface area contributed by atoms with Gasteiger partial charge in [-0.15, -0.1) is 0 Å². The van der Waals surface area contributed by atoms with Gasteiger partial charge in [-0.2, -0.15) is 0 Å². The average Bonchev–Trinajstić information content (AvgIpc) is 3.09. The summed E-state index contributed by atoms with van der Waals surface area (Å²) in [7, 11) is -0.909. The van der Waals surface area contributed by atoms with E-state index in [1.54, 1.807) is 11.8 Å². The summed E-state index contributed by atoms with van der Waals surface area (Å²) in [6, 6.07) is 19.2. The second-order valence-corrected chi connectivity index (χ2v) is 8.24. The summed E-state index contributed by atoms with van der Waals surface area (Å²) < 4.78 is 5.44. The smallest absolute Gasteiger partial charge is 0.423 e. The van der Waals surface area contributed by atoms with Crippen molar-refractivity contribution in [2.75, 3.05) is 11.4 Å². The lowest BCUT2D eigenvalue weighted by Gasteiger charge is -2.24. The lowest BCUT2D eigenvalue weighted by atomic mass is 9.77. The summed E-state index contributed by atoms with van der Waals surface area (Å²) in [5.74, 6) is 0.501. The van der Waals surface area contributed by atoms with Crippen LogP contribution < -0.4 is 10.4 Å². The van der Waals surface area contributed by atoms with Crippen LogP contribution in [-0.4, -0.2) is 36.1 Å². The summed E-state index contributed by atoms with van der Waals surface area (Å²) in [4.78, 5) is 6.36. The van der Waals surface area contributed by atoms with Crippen LogP contribution in [0.15, 0.2) is 65.7 Å². The zero-order valence-corrected chi connectivity index (χ0v) is 18.1. The second-order valence-electron chi connectivity index (χ2n) is 7.81. The average molecular weight is 443 g/mol. The van der Waals surface area contributed by atoms with E-state index >= 15 is 0 Å². The molecule has 3 aromatic rings. The number of rotatable bonds is 2. The van der Waals surface area contributed by atoms with Gasteiger partial charge in [0.1, 0.15) is 11.7 Å². The molecule has 0 saturated carbocycles. The predicted molar refractivity (Wildman–Crippen MR) is 130 cm³/mol. The van der Waals surface area contributed by atoms with Gasteiger partial charge in [0.2, 0.25) is 0 Å². The quantitative estimate of drug-likeness (QED) is 0.320. The minimum absolute atomic E-state index is 0.166. The Hall–Kier alpha value is -3.26. The molecule has 0 radical (unpaired) electrons. The number of anilines is 1. The Morgan fingerprint density at radius 2 is 1.84 bits per heavy atom. The van der Waals surface area contributed by atoms with Crippen LogP contribution in [-0.2, 0) is 11.3 Å². The summed E-state index contributed by atoms with van der Waals surface area (Å²) in [5.41, 5.74) is 6.88. The van der Waals surface area contributed by atoms with Crippen molar-refractivity contribution in [1.29, 1.82) is 10.8 Å². The molecular weight excluding hydrogens is 423 g/mol. The molecule has 0 bridgehead atoms. The number of nitrogens with zero attached hydrogens (tertiary/aromatic N) is 2. The van der Waals surface area contributed by atoms with Gasteiger partial charge in [0.05, 0.1) is 24.6 Å². The van der Waals surface area contributed by atoms with E-state index in [4.69, 9.17) is 32.1 Å². The summed E-state index contributed by atoms with van der Waals surface area (Å²) in [6.45, 7) is 2.18. The molecule has 8 heteroatoms. The van der Waals surface area contributed by atoms with Crippen molar-refractivity contribution in [3.63, 3.8) is 0 Å². The molecule has 0 fully saturated rings. The summed E-state index contributed by atoms with van der Waals surface area (Å²) >= 11 is 6.10. The Labute approximate surface area is 191 Å². The molecule has 0 saturated heterocycles. The molecule has 0 unspecified atom stereocenters. The molecule has 3 N–H and O–H groups in total. The third-order valence-electron chi connectivity index (χ3n) is 5.78. The number of halogens is 1. The molecular formula is C24H20BClN4O2. The highest BCUT2D eigenvalue weighted by atomic mass is 35.5. The first-order valence-corrected chi connectivity index (χ1v) is 10.6. The highest BCUT2D eigenvalue weighted by Crippen LogP contribution is 2.34. The number of fused-ring (bicyclic) bond motifs is 2. The van der Waals surface area contributed by atoms with Crippen LogP contribution in [0, 0.1) is 10.8 Å². The molecule has 0 spiro atoms. The van der Waals surface area contributed by atoms with E-state index in [1.165, 1.54) is 0 Å². The van der Waals surface area contributed by atoms with Gasteiger partial charge in [0, 0.05) is 16.1 Å². The zero-order valence-electron chi connectivity index (χ0n) is 17.4. The third-order valence-corrected chi connectivity index (χ3v) is 6.03. The van der Waals surface area contributed by atoms with Crippen molar-refractivity contribution in [3.05, 3.63) is 82.4 Å². The van der Waals surface area contributed by atoms with Crippen molar-refractivity contribution in [2.45, 2.75) is 13.5 Å². The molecule has 3 aromatic carbocycles. The van der Waals surface area contributed by atoms with Crippen molar-refractivity contribution in [1.82, 2.24) is 0 Å². The fourth-order valence-electron chi connectivity index (χ4n) is 4.30. The summed E-state index contributed by atoms with van der Waals surface area (Å²) in [6.07, 6.45) is 0. The number of amidine groups is 2. The lowest BCUT2D eigenvalue weighted by Crippen LogP contribution is -2.35. The van der Waals surface area contributed by atoms with E-state index in [1.807, 2.05) is 60.7 Å². The van der Waals surface area contributed by atoms with Gasteiger partial charge < -0.3 is 9.68 Å². The van der Waals surface area contributed by atoms with Crippen LogP contribution in [0.1, 0.15) is 23.6 Å². The van der Waals surface area contributed by atoms with Crippen LogP contribution in [0.4, 0.5) is 5.69 Å². The van der Waals surface area contributed by atoms with Gasteiger partial charge in [-0.1, -0.05) is 48.0 Å². The fraction of sp³-hybridized carbons (Fsp3) is 0.125. The molecule has 2 aliphatic rings. The molecule has 6 nitrogen and oxygen atoms in total. The molecule has 5 rings (SSSR count). The van der Waals surface area contributed by atoms with Crippen LogP contribution in [0.25, 0.3) is 11.1 Å². The van der Waals surface area contributed by atoms with Gasteiger partial charge in [0.15, 0.2) is 0 Å². The highest BCUT2D eigenvalue weighted by Gasteiger charge is 2.30. The van der Waals surface area contributed by atoms with E-state index < -0.39 is 7.12 Å². The first-order chi connectivity index (χ1) is 15.4. The first-order valence-electron chi connectivity index (χ1n) is 10.2. The van der Waals surface area contributed by atoms with Gasteiger partial charge in [-0.3, -0.25) is 20.7 Å². The molecule has 0 aromatic heterocycles. The van der Waals surface area contributed by atoms with Crippen LogP contribution >= 0.6 is 11.6 Å². The van der Waals surface area contributed by atoms with Gasteiger partial charge >= 0.3 is 7.12 Å². The van der Waals surface area contributed by atoms with Gasteiger partial charge in [0.25, 0.3) is 0 Å². The minimum atomic E-state index is -0.909. The number of aliphatic imine (C=N–C) groups is 1. The number of nitrogens with one attached hydrogen (secondary N) is 2. The van der Waals surface area contributed by atoms with Crippen molar-refractivity contribution >= 4 is 47.3 Å². The maximum Gasteiger partial charge on any atom is 0.491 e. The van der Waals surface area contributed by atoms with Crippen molar-refractivity contribution in [2.24, 2.45) is 4.99 Å². The predicted octanol–water partition coefficient (Wildman–Crippen LogP) is 3.86. The van der Waals surface area contributed by atoms with Crippen molar-refractivity contribution in [3.8, 4) is 11.1 Å². The monoisotopic (exact) mass is 442 g/mol. The Bertz CT molecular complexity index is 1290. The van der Waals surface area contributed by atoms with E-state index in [2.05, 4.69) is 0 Å². The van der Waals surface area contributed by atoms with E-state index in [0.717, 1.165) is 44.7 Å². The Morgan fingerprint density at radius 1 is 1.09 bits per heavy atom. The standard InChI is InChI=1S/C24H20BClN4O2/c1-14(27)30-22-10-7-16(18-3-2-4-21-20(18)13-32-25(21)31)11-19(22)24(29-12-23(30)28)15-5-8-17(26)9-6-15/h2-11,27-28,31H,12-13H2,1H3. The summed E-state index contributed by atoms with van der Waals surface area (Å²) in [5, 5.41) is 27.5. The van der Waals surface area contributed by atoms with Crippen LogP contribution in [0.5, 0.6) is 0 Å². The number of hydrogen-bond donors (Lipinski definition) is 3.